The Morgan fingerprint density at radius 2 is 2.27 bits per heavy atom. The summed E-state index contributed by atoms with van der Waals surface area (Å²) >= 11 is 0. The molecule has 0 aliphatic carbocycles. The molecule has 15 heavy (non-hydrogen) atoms. The van der Waals surface area contributed by atoms with Crippen LogP contribution < -0.4 is 10.5 Å². The molecule has 3 N–H and O–H groups in total. The molecule has 0 bridgehead atoms. The topological polar surface area (TPSA) is 67.5 Å². The highest BCUT2D eigenvalue weighted by Crippen LogP contribution is 2.14. The molecule has 1 atom stereocenters. The molecule has 4 nitrogen and oxygen atoms in total. The maximum Gasteiger partial charge on any atom is 0.137 e. The molecule has 1 unspecified atom stereocenters. The van der Waals surface area contributed by atoms with Gasteiger partial charge in [0.15, 0.2) is 0 Å². The second-order valence-corrected chi connectivity index (χ2v) is 5.34. The first-order valence-corrected chi connectivity index (χ1v) is 6.41. The lowest BCUT2D eigenvalue weighted by Crippen LogP contribution is -2.19. The molecule has 0 radical (unpaired) electrons. The van der Waals surface area contributed by atoms with Crippen molar-refractivity contribution < 1.29 is 4.21 Å². The van der Waals surface area contributed by atoms with E-state index in [1.165, 1.54) is 0 Å². The second-order valence-electron chi connectivity index (χ2n) is 3.16. The van der Waals surface area contributed by atoms with Gasteiger partial charge in [-0.15, -0.1) is 0 Å². The Morgan fingerprint density at radius 1 is 1.53 bits per heavy atom. The van der Waals surface area contributed by atoms with E-state index in [-0.39, 0.29) is 0 Å². The number of nitrogens with two attached hydrogens (primary N) is 1. The average molecular weight is 227 g/mol. The molecule has 0 aliphatic heterocycles. The molecular formula is C10H17N3OS. The molecule has 1 aromatic carbocycles. The third-order valence-corrected chi connectivity index (χ3v) is 3.94. The van der Waals surface area contributed by atoms with E-state index in [4.69, 9.17) is 5.73 Å². The fourth-order valence-electron chi connectivity index (χ4n) is 1.16. The predicted molar refractivity (Wildman–Crippen MR) is 63.9 cm³/mol. The van der Waals surface area contributed by atoms with E-state index < -0.39 is 9.92 Å². The van der Waals surface area contributed by atoms with Crippen LogP contribution in [-0.4, -0.2) is 17.8 Å². The molecule has 1 rings (SSSR count). The van der Waals surface area contributed by atoms with E-state index in [2.05, 4.69) is 9.08 Å². The van der Waals surface area contributed by atoms with Gasteiger partial charge in [-0.2, -0.15) is 0 Å². The SMILES string of the molecule is CCCN=S(=O)(NC)c1cccc(N)c1. The van der Waals surface area contributed by atoms with E-state index in [0.29, 0.717) is 17.1 Å². The van der Waals surface area contributed by atoms with Crippen molar-refractivity contribution in [3.8, 4) is 0 Å². The summed E-state index contributed by atoms with van der Waals surface area (Å²) < 4.78 is 19.3. The van der Waals surface area contributed by atoms with Crippen LogP contribution in [0, 0.1) is 0 Å². The number of benzene rings is 1. The number of hydrogen-bond acceptors (Lipinski definition) is 3. The highest BCUT2D eigenvalue weighted by atomic mass is 32.2. The van der Waals surface area contributed by atoms with Crippen LogP contribution >= 0.6 is 0 Å². The fourth-order valence-corrected chi connectivity index (χ4v) is 2.68. The standard InChI is InChI=1S/C10H17N3OS/c1-3-7-13-15(14,12-2)10-6-4-5-9(11)8-10/h4-6,8H,3,7,11H2,1-2H3,(H,12,13,14). The molecule has 1 aromatic rings. The minimum Gasteiger partial charge on any atom is -0.399 e. The smallest absolute Gasteiger partial charge is 0.137 e. The Balaban J connectivity index is 3.18. The van der Waals surface area contributed by atoms with Crippen LogP contribution in [0.1, 0.15) is 13.3 Å². The molecule has 0 heterocycles. The molecular weight excluding hydrogens is 210 g/mol. The van der Waals surface area contributed by atoms with Crippen molar-refractivity contribution >= 4 is 15.6 Å². The van der Waals surface area contributed by atoms with Crippen molar-refractivity contribution in [2.45, 2.75) is 18.2 Å². The Kier molecular flexibility index (Phi) is 4.11. The maximum absolute atomic E-state index is 12.3. The van der Waals surface area contributed by atoms with Crippen LogP contribution in [0.3, 0.4) is 0 Å². The van der Waals surface area contributed by atoms with E-state index >= 15 is 0 Å². The molecule has 5 heteroatoms. The minimum atomic E-state index is -2.50. The Bertz CT molecular complexity index is 436. The first kappa shape index (κ1) is 12.0. The molecule has 0 fully saturated rings. The van der Waals surface area contributed by atoms with Crippen LogP contribution in [0.5, 0.6) is 0 Å². The van der Waals surface area contributed by atoms with Gasteiger partial charge in [0.1, 0.15) is 9.92 Å². The Morgan fingerprint density at radius 3 is 2.80 bits per heavy atom. The first-order chi connectivity index (χ1) is 7.12. The van der Waals surface area contributed by atoms with E-state index in [1.807, 2.05) is 6.92 Å². The lowest BCUT2D eigenvalue weighted by Gasteiger charge is -2.09. The van der Waals surface area contributed by atoms with E-state index in [1.54, 1.807) is 31.3 Å². The first-order valence-electron chi connectivity index (χ1n) is 4.89. The zero-order valence-corrected chi connectivity index (χ0v) is 9.88. The number of hydrogen-bond donors (Lipinski definition) is 2. The lowest BCUT2D eigenvalue weighted by atomic mass is 10.3. The third kappa shape index (κ3) is 2.94. The second kappa shape index (κ2) is 5.14. The summed E-state index contributed by atoms with van der Waals surface area (Å²) in [7, 11) is -0.852. The number of nitrogen functional groups attached to an aromatic ring is 1. The summed E-state index contributed by atoms with van der Waals surface area (Å²) in [4.78, 5) is 0.637. The molecule has 0 saturated carbocycles. The summed E-state index contributed by atoms with van der Waals surface area (Å²) in [6.07, 6.45) is 0.876. The third-order valence-electron chi connectivity index (χ3n) is 1.95. The van der Waals surface area contributed by atoms with Crippen LogP contribution in [0.2, 0.25) is 0 Å². The largest absolute Gasteiger partial charge is 0.399 e. The van der Waals surface area contributed by atoms with Crippen molar-refractivity contribution in [3.63, 3.8) is 0 Å². The zero-order chi connectivity index (χ0) is 11.3. The molecule has 0 spiro atoms. The lowest BCUT2D eigenvalue weighted by molar-refractivity contribution is 0.668. The quantitative estimate of drug-likeness (QED) is 0.768. The van der Waals surface area contributed by atoms with Gasteiger partial charge in [0, 0.05) is 12.2 Å². The van der Waals surface area contributed by atoms with Gasteiger partial charge in [-0.3, -0.25) is 0 Å². The average Bonchev–Trinajstić information content (AvgIpc) is 2.26. The summed E-state index contributed by atoms with van der Waals surface area (Å²) in [6, 6.07) is 7.01. The zero-order valence-electron chi connectivity index (χ0n) is 9.06. The molecule has 0 saturated heterocycles. The Hall–Kier alpha value is -1.07. The molecule has 0 amide bonds. The normalized spacial score (nSPS) is 14.5. The van der Waals surface area contributed by atoms with Crippen LogP contribution in [-0.2, 0) is 9.92 Å². The van der Waals surface area contributed by atoms with Gasteiger partial charge in [-0.1, -0.05) is 13.0 Å². The van der Waals surface area contributed by atoms with Crippen molar-refractivity contribution in [3.05, 3.63) is 24.3 Å². The van der Waals surface area contributed by atoms with E-state index in [0.717, 1.165) is 6.42 Å². The fraction of sp³-hybridized carbons (Fsp3) is 0.400. The summed E-state index contributed by atoms with van der Waals surface area (Å²) in [5.74, 6) is 0. The van der Waals surface area contributed by atoms with Gasteiger partial charge in [0.25, 0.3) is 0 Å². The van der Waals surface area contributed by atoms with Gasteiger partial charge in [-0.25, -0.2) is 13.3 Å². The molecule has 0 aliphatic rings. The van der Waals surface area contributed by atoms with Crippen molar-refractivity contribution in [1.82, 2.24) is 4.72 Å². The number of nitrogens with one attached hydrogen (secondary N) is 1. The van der Waals surface area contributed by atoms with Crippen LogP contribution in [0.25, 0.3) is 0 Å². The summed E-state index contributed by atoms with van der Waals surface area (Å²) in [5, 5.41) is 0. The predicted octanol–water partition coefficient (Wildman–Crippen LogP) is 1.64. The number of nitrogens with zero attached hydrogens (tertiary/aromatic N) is 1. The Labute approximate surface area is 91.2 Å². The van der Waals surface area contributed by atoms with Crippen LogP contribution in [0.15, 0.2) is 33.5 Å². The number of rotatable bonds is 4. The summed E-state index contributed by atoms with van der Waals surface area (Å²) in [5.41, 5.74) is 6.24. The van der Waals surface area contributed by atoms with E-state index in [9.17, 15) is 4.21 Å². The van der Waals surface area contributed by atoms with Gasteiger partial charge in [0.2, 0.25) is 0 Å². The van der Waals surface area contributed by atoms with Crippen molar-refractivity contribution in [1.29, 1.82) is 0 Å². The summed E-state index contributed by atoms with van der Waals surface area (Å²) in [6.45, 7) is 2.58. The highest BCUT2D eigenvalue weighted by Gasteiger charge is 2.08. The monoisotopic (exact) mass is 227 g/mol. The van der Waals surface area contributed by atoms with Gasteiger partial charge in [-0.05, 0) is 31.7 Å². The van der Waals surface area contributed by atoms with Crippen LogP contribution in [0.4, 0.5) is 5.69 Å². The minimum absolute atomic E-state index is 0.578. The maximum atomic E-state index is 12.3. The molecule has 84 valence electrons. The van der Waals surface area contributed by atoms with Crippen molar-refractivity contribution in [2.24, 2.45) is 4.36 Å². The van der Waals surface area contributed by atoms with Gasteiger partial charge >= 0.3 is 0 Å². The number of anilines is 1. The van der Waals surface area contributed by atoms with Crippen molar-refractivity contribution in [2.75, 3.05) is 19.3 Å². The van der Waals surface area contributed by atoms with Gasteiger partial charge < -0.3 is 5.73 Å². The molecule has 0 aromatic heterocycles. The highest BCUT2D eigenvalue weighted by molar-refractivity contribution is 7.91. The van der Waals surface area contributed by atoms with Gasteiger partial charge in [0.05, 0.1) is 4.90 Å².